The lowest BCUT2D eigenvalue weighted by Crippen LogP contribution is -2.28. The lowest BCUT2D eigenvalue weighted by Gasteiger charge is -2.24. The summed E-state index contributed by atoms with van der Waals surface area (Å²) in [4.78, 5) is 9.01. The average Bonchev–Trinajstić information content (AvgIpc) is 3.20. The third-order valence-electron chi connectivity index (χ3n) is 5.93. The summed E-state index contributed by atoms with van der Waals surface area (Å²) in [5.41, 5.74) is 3.02. The Labute approximate surface area is 189 Å². The summed E-state index contributed by atoms with van der Waals surface area (Å²) in [7, 11) is 0. The molecule has 5 nitrogen and oxygen atoms in total. The van der Waals surface area contributed by atoms with Gasteiger partial charge in [0.1, 0.15) is 12.1 Å². The molecule has 0 unspecified atom stereocenters. The summed E-state index contributed by atoms with van der Waals surface area (Å²) in [6.45, 7) is 3.32. The molecule has 33 heavy (non-hydrogen) atoms. The van der Waals surface area contributed by atoms with E-state index in [2.05, 4.69) is 15.3 Å². The van der Waals surface area contributed by atoms with Gasteiger partial charge in [0.15, 0.2) is 5.65 Å². The highest BCUT2D eigenvalue weighted by Crippen LogP contribution is 2.38. The molecule has 0 radical (unpaired) electrons. The van der Waals surface area contributed by atoms with E-state index in [4.69, 9.17) is 4.74 Å². The third-order valence-corrected chi connectivity index (χ3v) is 5.93. The molecule has 1 N–H and O–H groups in total. The zero-order chi connectivity index (χ0) is 23.0. The Morgan fingerprint density at radius 2 is 1.82 bits per heavy atom. The molecule has 1 aliphatic rings. The van der Waals surface area contributed by atoms with Gasteiger partial charge in [0.25, 0.3) is 0 Å². The monoisotopic (exact) mass is 452 g/mol. The topological polar surface area (TPSA) is 52.0 Å². The fraction of sp³-hybridized carbons (Fsp3) is 0.280. The molecule has 0 aliphatic carbocycles. The van der Waals surface area contributed by atoms with Gasteiger partial charge in [0.2, 0.25) is 0 Å². The van der Waals surface area contributed by atoms with Crippen LogP contribution in [0.25, 0.3) is 27.8 Å². The van der Waals surface area contributed by atoms with Crippen LogP contribution in [0.3, 0.4) is 0 Å². The van der Waals surface area contributed by atoms with Crippen LogP contribution in [-0.4, -0.2) is 33.8 Å². The van der Waals surface area contributed by atoms with Crippen LogP contribution in [0.15, 0.2) is 61.1 Å². The standard InChI is InChI=1S/C25H23F3N4O/c1-16-4-2-7-20(12-16)32-14-21(17-5-3-6-18(13-17)25(26,27)28)22-23(29-15-30-24(22)32)31-19-8-10-33-11-9-19/h2-7,12-15,19H,8-11H2,1H3,(H,29,30,31). The minimum absolute atomic E-state index is 0.175. The fourth-order valence-electron chi connectivity index (χ4n) is 4.26. The van der Waals surface area contributed by atoms with Gasteiger partial charge >= 0.3 is 6.18 Å². The first-order valence-electron chi connectivity index (χ1n) is 10.8. The predicted molar refractivity (Wildman–Crippen MR) is 122 cm³/mol. The highest BCUT2D eigenvalue weighted by Gasteiger charge is 2.31. The Morgan fingerprint density at radius 3 is 2.58 bits per heavy atom. The molecular weight excluding hydrogens is 429 g/mol. The number of aryl methyl sites for hydroxylation is 1. The maximum atomic E-state index is 13.4. The average molecular weight is 452 g/mol. The summed E-state index contributed by atoms with van der Waals surface area (Å²) in [6, 6.07) is 13.5. The molecule has 0 spiro atoms. The van der Waals surface area contributed by atoms with E-state index in [-0.39, 0.29) is 6.04 Å². The van der Waals surface area contributed by atoms with Crippen molar-refractivity contribution in [2.24, 2.45) is 0 Å². The van der Waals surface area contributed by atoms with Crippen LogP contribution in [0.5, 0.6) is 0 Å². The maximum Gasteiger partial charge on any atom is 0.416 e. The Balaban J connectivity index is 1.71. The van der Waals surface area contributed by atoms with E-state index in [0.717, 1.165) is 30.2 Å². The number of nitrogens with one attached hydrogen (secondary N) is 1. The number of nitrogens with zero attached hydrogens (tertiary/aromatic N) is 3. The molecule has 3 heterocycles. The lowest BCUT2D eigenvalue weighted by molar-refractivity contribution is -0.137. The molecule has 1 aliphatic heterocycles. The molecule has 1 fully saturated rings. The predicted octanol–water partition coefficient (Wildman–Crippen LogP) is 6.01. The first kappa shape index (κ1) is 21.5. The number of hydrogen-bond donors (Lipinski definition) is 1. The lowest BCUT2D eigenvalue weighted by atomic mass is 10.0. The smallest absolute Gasteiger partial charge is 0.381 e. The SMILES string of the molecule is Cc1cccc(-n2cc(-c3cccc(C(F)(F)F)c3)c3c(NC4CCOCC4)ncnc32)c1. The van der Waals surface area contributed by atoms with Gasteiger partial charge in [-0.2, -0.15) is 13.2 Å². The summed E-state index contributed by atoms with van der Waals surface area (Å²) in [6.07, 6.45) is 0.585. The first-order chi connectivity index (χ1) is 15.9. The molecule has 170 valence electrons. The van der Waals surface area contributed by atoms with Crippen molar-refractivity contribution < 1.29 is 17.9 Å². The number of benzene rings is 2. The highest BCUT2D eigenvalue weighted by atomic mass is 19.4. The van der Waals surface area contributed by atoms with Crippen molar-refractivity contribution in [3.63, 3.8) is 0 Å². The van der Waals surface area contributed by atoms with Gasteiger partial charge in [0, 0.05) is 36.7 Å². The Hall–Kier alpha value is -3.39. The van der Waals surface area contributed by atoms with E-state index in [0.29, 0.717) is 41.2 Å². The number of anilines is 1. The van der Waals surface area contributed by atoms with Crippen molar-refractivity contribution in [3.8, 4) is 16.8 Å². The molecule has 0 amide bonds. The van der Waals surface area contributed by atoms with Gasteiger partial charge in [-0.25, -0.2) is 9.97 Å². The number of rotatable bonds is 4. The molecule has 2 aromatic carbocycles. The number of halogens is 3. The third kappa shape index (κ3) is 4.30. The number of alkyl halides is 3. The zero-order valence-electron chi connectivity index (χ0n) is 18.1. The number of aromatic nitrogens is 3. The van der Waals surface area contributed by atoms with E-state index in [9.17, 15) is 13.2 Å². The van der Waals surface area contributed by atoms with Crippen molar-refractivity contribution >= 4 is 16.9 Å². The second kappa shape index (κ2) is 8.51. The summed E-state index contributed by atoms with van der Waals surface area (Å²) in [5.74, 6) is 0.616. The Kier molecular flexibility index (Phi) is 5.54. The van der Waals surface area contributed by atoms with Crippen molar-refractivity contribution in [3.05, 3.63) is 72.2 Å². The molecule has 1 saturated heterocycles. The van der Waals surface area contributed by atoms with Crippen LogP contribution < -0.4 is 5.32 Å². The molecule has 0 saturated carbocycles. The van der Waals surface area contributed by atoms with Crippen LogP contribution >= 0.6 is 0 Å². The largest absolute Gasteiger partial charge is 0.416 e. The molecule has 2 aromatic heterocycles. The van der Waals surface area contributed by atoms with Crippen LogP contribution in [0, 0.1) is 6.92 Å². The van der Waals surface area contributed by atoms with Crippen LogP contribution in [0.4, 0.5) is 19.0 Å². The maximum absolute atomic E-state index is 13.4. The molecule has 0 atom stereocenters. The molecule has 5 rings (SSSR count). The van der Waals surface area contributed by atoms with Gasteiger partial charge in [-0.15, -0.1) is 0 Å². The number of hydrogen-bond acceptors (Lipinski definition) is 4. The van der Waals surface area contributed by atoms with Crippen LogP contribution in [0.2, 0.25) is 0 Å². The van der Waals surface area contributed by atoms with Crippen molar-refractivity contribution in [2.75, 3.05) is 18.5 Å². The quantitative estimate of drug-likeness (QED) is 0.412. The van der Waals surface area contributed by atoms with Crippen LogP contribution in [-0.2, 0) is 10.9 Å². The van der Waals surface area contributed by atoms with Gasteiger partial charge in [-0.05, 0) is 55.2 Å². The van der Waals surface area contributed by atoms with Crippen molar-refractivity contribution in [1.82, 2.24) is 14.5 Å². The second-order valence-corrected chi connectivity index (χ2v) is 8.28. The molecule has 4 aromatic rings. The van der Waals surface area contributed by atoms with Gasteiger partial charge in [-0.3, -0.25) is 0 Å². The molecule has 0 bridgehead atoms. The van der Waals surface area contributed by atoms with E-state index in [1.807, 2.05) is 42.0 Å². The van der Waals surface area contributed by atoms with E-state index >= 15 is 0 Å². The minimum Gasteiger partial charge on any atom is -0.381 e. The Morgan fingerprint density at radius 1 is 1.03 bits per heavy atom. The minimum atomic E-state index is -4.43. The highest BCUT2D eigenvalue weighted by molar-refractivity contribution is 6.02. The van der Waals surface area contributed by atoms with Crippen molar-refractivity contribution in [2.45, 2.75) is 32.0 Å². The normalized spacial score (nSPS) is 15.2. The van der Waals surface area contributed by atoms with E-state index in [1.165, 1.54) is 18.5 Å². The fourth-order valence-corrected chi connectivity index (χ4v) is 4.26. The van der Waals surface area contributed by atoms with Gasteiger partial charge in [0.05, 0.1) is 10.9 Å². The second-order valence-electron chi connectivity index (χ2n) is 8.28. The first-order valence-corrected chi connectivity index (χ1v) is 10.8. The van der Waals surface area contributed by atoms with E-state index in [1.54, 1.807) is 6.07 Å². The van der Waals surface area contributed by atoms with E-state index < -0.39 is 11.7 Å². The summed E-state index contributed by atoms with van der Waals surface area (Å²) in [5, 5.41) is 4.19. The molecular formula is C25H23F3N4O. The van der Waals surface area contributed by atoms with Crippen LogP contribution in [0.1, 0.15) is 24.0 Å². The van der Waals surface area contributed by atoms with Gasteiger partial charge < -0.3 is 14.6 Å². The van der Waals surface area contributed by atoms with Crippen molar-refractivity contribution in [1.29, 1.82) is 0 Å². The molecule has 8 heteroatoms. The zero-order valence-corrected chi connectivity index (χ0v) is 18.1. The number of ether oxygens (including phenoxy) is 1. The Bertz CT molecular complexity index is 1290. The number of fused-ring (bicyclic) bond motifs is 1. The summed E-state index contributed by atoms with van der Waals surface area (Å²) < 4.78 is 47.7. The van der Waals surface area contributed by atoms with Gasteiger partial charge in [-0.1, -0.05) is 24.3 Å². The summed E-state index contributed by atoms with van der Waals surface area (Å²) >= 11 is 0.